The Labute approximate surface area is 314 Å². The van der Waals surface area contributed by atoms with E-state index in [-0.39, 0.29) is 45.7 Å². The van der Waals surface area contributed by atoms with Crippen LogP contribution < -0.4 is 0 Å². The first-order chi connectivity index (χ1) is 24.7. The number of hydrogen-bond donors (Lipinski definition) is 7. The third-order valence-corrected chi connectivity index (χ3v) is 16.9. The lowest BCUT2D eigenvalue weighted by atomic mass is 9.33. The normalized spacial score (nSPS) is 53.3. The molecule has 0 aromatic heterocycles. The molecule has 12 nitrogen and oxygen atoms in total. The van der Waals surface area contributed by atoms with Crippen molar-refractivity contribution in [3.63, 3.8) is 0 Å². The van der Waals surface area contributed by atoms with Crippen molar-refractivity contribution in [2.75, 3.05) is 13.2 Å². The Morgan fingerprint density at radius 3 is 2.19 bits per heavy atom. The van der Waals surface area contributed by atoms with Crippen molar-refractivity contribution in [2.24, 2.45) is 50.2 Å². The molecule has 4 saturated carbocycles. The number of rotatable bonds is 6. The van der Waals surface area contributed by atoms with Gasteiger partial charge in [0.2, 0.25) is 0 Å². The highest BCUT2D eigenvalue weighted by Gasteiger charge is 2.69. The standard InChI is InChI=1S/C41H66O12/c1-36(2)14-16-41(35(48)49)17-15-39(6)21(22(41)18-36)8-9-26-38(5)12-11-27(37(3,4)25(38)10-13-40(26,39)7)52-34-32(28(44)23(43)20-50-34)53-33-31(47)30(46)29(45)24(19-42)51-33/h8,22-34,42-47H,9-20H2,1-7H3,(H,48,49)/t22-,23+,24-,25-,26-,27-,28+,29-,30+,31-,32-,33+,34+,38+,39-,40-,41+/m1/s1. The van der Waals surface area contributed by atoms with Gasteiger partial charge in [0.1, 0.15) is 42.7 Å². The van der Waals surface area contributed by atoms with Gasteiger partial charge in [0.15, 0.2) is 12.6 Å². The fourth-order valence-corrected chi connectivity index (χ4v) is 13.4. The van der Waals surface area contributed by atoms with E-state index in [1.807, 2.05) is 0 Å². The lowest BCUT2D eigenvalue weighted by Gasteiger charge is -2.71. The van der Waals surface area contributed by atoms with Crippen LogP contribution in [0, 0.1) is 50.2 Å². The molecule has 17 atom stereocenters. The van der Waals surface area contributed by atoms with Gasteiger partial charge in [-0.05, 0) is 109 Å². The average Bonchev–Trinajstić information content (AvgIpc) is 3.08. The minimum atomic E-state index is -1.69. The van der Waals surface area contributed by atoms with Gasteiger partial charge in [-0.3, -0.25) is 4.79 Å². The summed E-state index contributed by atoms with van der Waals surface area (Å²) in [4.78, 5) is 13.0. The van der Waals surface area contributed by atoms with Crippen LogP contribution in [0.5, 0.6) is 0 Å². The second-order valence-corrected chi connectivity index (χ2v) is 20.2. The van der Waals surface area contributed by atoms with Gasteiger partial charge in [0.25, 0.3) is 0 Å². The second-order valence-electron chi connectivity index (χ2n) is 20.2. The van der Waals surface area contributed by atoms with E-state index >= 15 is 0 Å². The number of hydrogen-bond acceptors (Lipinski definition) is 11. The molecular formula is C41H66O12. The van der Waals surface area contributed by atoms with Gasteiger partial charge in [0.05, 0.1) is 24.7 Å². The maximum Gasteiger partial charge on any atom is 0.310 e. The fourth-order valence-electron chi connectivity index (χ4n) is 13.4. The molecule has 2 saturated heterocycles. The van der Waals surface area contributed by atoms with Crippen molar-refractivity contribution in [3.05, 3.63) is 11.6 Å². The van der Waals surface area contributed by atoms with Gasteiger partial charge in [-0.25, -0.2) is 0 Å². The van der Waals surface area contributed by atoms with Crippen LogP contribution in [0.3, 0.4) is 0 Å². The van der Waals surface area contributed by atoms with Gasteiger partial charge in [-0.2, -0.15) is 0 Å². The molecule has 2 aliphatic heterocycles. The number of carboxylic acid groups (broad SMARTS) is 1. The van der Waals surface area contributed by atoms with E-state index < -0.39 is 73.3 Å². The number of aliphatic hydroxyl groups excluding tert-OH is 6. The summed E-state index contributed by atoms with van der Waals surface area (Å²) in [5.41, 5.74) is 0.450. The van der Waals surface area contributed by atoms with E-state index in [1.54, 1.807) is 0 Å². The number of carboxylic acids is 1. The Morgan fingerprint density at radius 1 is 0.811 bits per heavy atom. The molecular weight excluding hydrogens is 684 g/mol. The number of aliphatic hydroxyl groups is 6. The Hall–Kier alpha value is -1.19. The first-order valence-electron chi connectivity index (χ1n) is 20.2. The molecule has 0 spiro atoms. The van der Waals surface area contributed by atoms with E-state index in [1.165, 1.54) is 5.57 Å². The number of ether oxygens (including phenoxy) is 4. The van der Waals surface area contributed by atoms with Gasteiger partial charge < -0.3 is 54.7 Å². The van der Waals surface area contributed by atoms with Crippen molar-refractivity contribution in [1.29, 1.82) is 0 Å². The lowest BCUT2D eigenvalue weighted by molar-refractivity contribution is -0.367. The summed E-state index contributed by atoms with van der Waals surface area (Å²) >= 11 is 0. The first kappa shape index (κ1) is 40.0. The van der Waals surface area contributed by atoms with Crippen LogP contribution in [-0.4, -0.2) is 116 Å². The zero-order valence-corrected chi connectivity index (χ0v) is 32.7. The summed E-state index contributed by atoms with van der Waals surface area (Å²) in [5.74, 6) is 0.147. The Kier molecular flexibility index (Phi) is 10.2. The first-order valence-corrected chi connectivity index (χ1v) is 20.2. The van der Waals surface area contributed by atoms with Crippen molar-refractivity contribution >= 4 is 5.97 Å². The lowest BCUT2D eigenvalue weighted by Crippen LogP contribution is -2.66. The van der Waals surface area contributed by atoms with E-state index in [0.29, 0.717) is 11.8 Å². The zero-order valence-electron chi connectivity index (χ0n) is 32.7. The highest BCUT2D eigenvalue weighted by atomic mass is 16.8. The maximum atomic E-state index is 13.0. The quantitative estimate of drug-likeness (QED) is 0.155. The van der Waals surface area contributed by atoms with Crippen LogP contribution >= 0.6 is 0 Å². The summed E-state index contributed by atoms with van der Waals surface area (Å²) in [5, 5.41) is 73.3. The molecule has 0 aromatic rings. The number of carbonyl (C=O) groups is 1. The third-order valence-electron chi connectivity index (χ3n) is 16.9. The number of allylic oxidation sites excluding steroid dienone is 2. The number of aliphatic carboxylic acids is 1. The van der Waals surface area contributed by atoms with Crippen molar-refractivity contribution < 1.29 is 59.5 Å². The van der Waals surface area contributed by atoms with Crippen LogP contribution in [-0.2, 0) is 23.7 Å². The average molecular weight is 751 g/mol. The highest BCUT2D eigenvalue weighted by Crippen LogP contribution is 2.76. The zero-order chi connectivity index (χ0) is 38.7. The highest BCUT2D eigenvalue weighted by molar-refractivity contribution is 5.76. The molecule has 2 heterocycles. The van der Waals surface area contributed by atoms with Gasteiger partial charge >= 0.3 is 5.97 Å². The molecule has 302 valence electrons. The monoisotopic (exact) mass is 750 g/mol. The second kappa shape index (κ2) is 13.5. The Bertz CT molecular complexity index is 1430. The minimum Gasteiger partial charge on any atom is -0.481 e. The smallest absolute Gasteiger partial charge is 0.310 e. The van der Waals surface area contributed by atoms with Gasteiger partial charge in [-0.1, -0.05) is 60.1 Å². The van der Waals surface area contributed by atoms with Crippen molar-refractivity contribution in [1.82, 2.24) is 0 Å². The summed E-state index contributed by atoms with van der Waals surface area (Å²) in [6, 6.07) is 0. The molecule has 12 heteroatoms. The molecule has 0 amide bonds. The maximum absolute atomic E-state index is 13.0. The van der Waals surface area contributed by atoms with Crippen LogP contribution in [0.25, 0.3) is 0 Å². The van der Waals surface area contributed by atoms with Crippen LogP contribution in [0.15, 0.2) is 11.6 Å². The molecule has 7 aliphatic rings. The van der Waals surface area contributed by atoms with E-state index in [2.05, 4.69) is 54.5 Å². The summed E-state index contributed by atoms with van der Waals surface area (Å²) in [7, 11) is 0. The van der Waals surface area contributed by atoms with E-state index in [0.717, 1.165) is 64.2 Å². The molecule has 5 aliphatic carbocycles. The molecule has 0 unspecified atom stereocenters. The Balaban J connectivity index is 1.13. The fraction of sp³-hybridized carbons (Fsp3) is 0.927. The predicted molar refractivity (Wildman–Crippen MR) is 192 cm³/mol. The Morgan fingerprint density at radius 2 is 1.51 bits per heavy atom. The largest absolute Gasteiger partial charge is 0.481 e. The number of fused-ring (bicyclic) bond motifs is 7. The van der Waals surface area contributed by atoms with Crippen LogP contribution in [0.2, 0.25) is 0 Å². The van der Waals surface area contributed by atoms with Crippen LogP contribution in [0.1, 0.15) is 113 Å². The van der Waals surface area contributed by atoms with Crippen LogP contribution in [0.4, 0.5) is 0 Å². The molecule has 7 rings (SSSR count). The summed E-state index contributed by atoms with van der Waals surface area (Å²) in [6.45, 7) is 15.7. The summed E-state index contributed by atoms with van der Waals surface area (Å²) in [6.07, 6.45) is -1.79. The molecule has 0 radical (unpaired) electrons. The van der Waals surface area contributed by atoms with Crippen molar-refractivity contribution in [2.45, 2.75) is 174 Å². The topological polar surface area (TPSA) is 196 Å². The third kappa shape index (κ3) is 5.94. The molecule has 6 fully saturated rings. The van der Waals surface area contributed by atoms with Crippen molar-refractivity contribution in [3.8, 4) is 0 Å². The molecule has 0 aromatic carbocycles. The predicted octanol–water partition coefficient (Wildman–Crippen LogP) is 3.52. The van der Waals surface area contributed by atoms with E-state index in [4.69, 9.17) is 18.9 Å². The molecule has 0 bridgehead atoms. The van der Waals surface area contributed by atoms with Gasteiger partial charge in [0, 0.05) is 0 Å². The van der Waals surface area contributed by atoms with Gasteiger partial charge in [-0.15, -0.1) is 0 Å². The van der Waals surface area contributed by atoms with E-state index in [9.17, 15) is 40.5 Å². The minimum absolute atomic E-state index is 0.00935. The molecule has 53 heavy (non-hydrogen) atoms. The molecule has 7 N–H and O–H groups in total. The SMILES string of the molecule is CC1(C)CC[C@]2(C(=O)O)CC[C@]3(C)C(=CC[C@@H]4[C@@]5(C)CC[C@@H](O[C@@H]6OC[C@H](O)[C@H](O)[C@H]6O[C@@H]6O[C@H](CO)[C@@H](O)[C@H](O)[C@H]6O)C(C)(C)[C@H]5CC[C@]43C)[C@H]2C1. The summed E-state index contributed by atoms with van der Waals surface area (Å²) < 4.78 is 24.3.